The van der Waals surface area contributed by atoms with Gasteiger partial charge in [-0.2, -0.15) is 0 Å². The Morgan fingerprint density at radius 3 is 2.48 bits per heavy atom. The molecule has 1 N–H and O–H groups in total. The van der Waals surface area contributed by atoms with Gasteiger partial charge in [-0.1, -0.05) is 18.2 Å². The Morgan fingerprint density at radius 1 is 1.19 bits per heavy atom. The quantitative estimate of drug-likeness (QED) is 0.645. The van der Waals surface area contributed by atoms with Crippen LogP contribution >= 0.6 is 22.9 Å². The van der Waals surface area contributed by atoms with Crippen molar-refractivity contribution in [1.29, 1.82) is 0 Å². The van der Waals surface area contributed by atoms with Crippen molar-refractivity contribution in [1.82, 2.24) is 0 Å². The maximum atomic E-state index is 12.2. The summed E-state index contributed by atoms with van der Waals surface area (Å²) in [5.41, 5.74) is -0.0283. The summed E-state index contributed by atoms with van der Waals surface area (Å²) in [4.78, 5) is 24.3. The lowest BCUT2D eigenvalue weighted by Crippen LogP contribution is -2.15. The number of carboxylic acids is 1. The Morgan fingerprint density at radius 2 is 1.90 bits per heavy atom. The van der Waals surface area contributed by atoms with Gasteiger partial charge in [0.25, 0.3) is 0 Å². The van der Waals surface area contributed by atoms with Crippen LogP contribution in [0.1, 0.15) is 38.1 Å². The van der Waals surface area contributed by atoms with E-state index in [-0.39, 0.29) is 11.1 Å². The molecule has 0 amide bonds. The van der Waals surface area contributed by atoms with Crippen LogP contribution in [0.15, 0.2) is 41.8 Å². The van der Waals surface area contributed by atoms with Gasteiger partial charge in [0.2, 0.25) is 0 Å². The molecule has 0 saturated heterocycles. The molecule has 21 heavy (non-hydrogen) atoms. The maximum absolute atomic E-state index is 12.2. The fraction of sp³-hybridized carbons (Fsp3) is 0.200. The van der Waals surface area contributed by atoms with Crippen LogP contribution < -0.4 is 0 Å². The zero-order chi connectivity index (χ0) is 15.2. The van der Waals surface area contributed by atoms with Crippen LogP contribution in [0.4, 0.5) is 0 Å². The van der Waals surface area contributed by atoms with E-state index in [0.717, 1.165) is 4.88 Å². The Labute approximate surface area is 130 Å². The molecule has 2 aromatic rings. The van der Waals surface area contributed by atoms with E-state index in [4.69, 9.17) is 21.4 Å². The summed E-state index contributed by atoms with van der Waals surface area (Å²) in [6.45, 7) is 0. The highest BCUT2D eigenvalue weighted by atomic mass is 35.5. The number of aromatic carboxylic acids is 1. The van der Waals surface area contributed by atoms with Crippen molar-refractivity contribution in [3.63, 3.8) is 0 Å². The fourth-order valence-corrected chi connectivity index (χ4v) is 2.86. The van der Waals surface area contributed by atoms with Gasteiger partial charge >= 0.3 is 11.9 Å². The van der Waals surface area contributed by atoms with E-state index < -0.39 is 18.0 Å². The Balaban J connectivity index is 2.22. The standard InChI is InChI=1S/C15H13ClO4S/c16-8-7-12(13-6-3-9-21-13)20-15(19)11-5-2-1-4-10(11)14(17)18/h1-6,9,12H,7-8H2,(H,17,18)/t12-/m0/s1. The van der Waals surface area contributed by atoms with Crippen molar-refractivity contribution in [2.45, 2.75) is 12.5 Å². The summed E-state index contributed by atoms with van der Waals surface area (Å²) in [5, 5.41) is 11.0. The zero-order valence-corrected chi connectivity index (χ0v) is 12.6. The first-order valence-corrected chi connectivity index (χ1v) is 7.67. The molecule has 1 atom stereocenters. The van der Waals surface area contributed by atoms with Gasteiger partial charge in [-0.3, -0.25) is 0 Å². The van der Waals surface area contributed by atoms with Gasteiger partial charge in [0.1, 0.15) is 6.10 Å². The lowest BCUT2D eigenvalue weighted by molar-refractivity contribution is 0.0292. The van der Waals surface area contributed by atoms with E-state index in [1.165, 1.54) is 23.5 Å². The monoisotopic (exact) mass is 324 g/mol. The number of hydrogen-bond acceptors (Lipinski definition) is 4. The highest BCUT2D eigenvalue weighted by Crippen LogP contribution is 2.27. The van der Waals surface area contributed by atoms with Crippen LogP contribution in [-0.4, -0.2) is 22.9 Å². The molecule has 1 aromatic carbocycles. The molecule has 2 rings (SSSR count). The molecule has 0 aliphatic rings. The van der Waals surface area contributed by atoms with E-state index in [1.54, 1.807) is 12.1 Å². The van der Waals surface area contributed by atoms with E-state index >= 15 is 0 Å². The lowest BCUT2D eigenvalue weighted by Gasteiger charge is -2.16. The number of thiophene rings is 1. The van der Waals surface area contributed by atoms with E-state index in [0.29, 0.717) is 12.3 Å². The highest BCUT2D eigenvalue weighted by Gasteiger charge is 2.22. The SMILES string of the molecule is O=C(O)c1ccccc1C(=O)O[C@@H](CCCl)c1cccs1. The first-order chi connectivity index (χ1) is 10.1. The van der Waals surface area contributed by atoms with Crippen molar-refractivity contribution in [3.8, 4) is 0 Å². The molecule has 0 unspecified atom stereocenters. The average Bonchev–Trinajstić information content (AvgIpc) is 3.00. The molecule has 0 bridgehead atoms. The van der Waals surface area contributed by atoms with Gasteiger partial charge in [-0.05, 0) is 23.6 Å². The molecule has 1 aromatic heterocycles. The number of carboxylic acid groups (broad SMARTS) is 1. The molecule has 0 aliphatic heterocycles. The molecule has 0 spiro atoms. The molecule has 0 aliphatic carbocycles. The third-order valence-electron chi connectivity index (χ3n) is 2.86. The number of alkyl halides is 1. The number of carbonyl (C=O) groups is 2. The molecule has 0 fully saturated rings. The van der Waals surface area contributed by atoms with Gasteiger partial charge in [0.05, 0.1) is 11.1 Å². The average molecular weight is 325 g/mol. The highest BCUT2D eigenvalue weighted by molar-refractivity contribution is 7.10. The number of benzene rings is 1. The van der Waals surface area contributed by atoms with Gasteiger partial charge in [0, 0.05) is 17.2 Å². The van der Waals surface area contributed by atoms with Crippen LogP contribution in [0.5, 0.6) is 0 Å². The summed E-state index contributed by atoms with van der Waals surface area (Å²) < 4.78 is 5.44. The molecule has 110 valence electrons. The van der Waals surface area contributed by atoms with Gasteiger partial charge in [-0.15, -0.1) is 22.9 Å². The zero-order valence-electron chi connectivity index (χ0n) is 11.0. The largest absolute Gasteiger partial charge is 0.478 e. The molecular weight excluding hydrogens is 312 g/mol. The van der Waals surface area contributed by atoms with Gasteiger partial charge in [-0.25, -0.2) is 9.59 Å². The van der Waals surface area contributed by atoms with Crippen molar-refractivity contribution < 1.29 is 19.4 Å². The summed E-state index contributed by atoms with van der Waals surface area (Å²) in [7, 11) is 0. The number of esters is 1. The van der Waals surface area contributed by atoms with Crippen molar-refractivity contribution in [3.05, 3.63) is 57.8 Å². The van der Waals surface area contributed by atoms with Crippen LogP contribution in [0.2, 0.25) is 0 Å². The predicted molar refractivity (Wildman–Crippen MR) is 81.2 cm³/mol. The third kappa shape index (κ3) is 3.83. The van der Waals surface area contributed by atoms with Crippen LogP contribution in [-0.2, 0) is 4.74 Å². The minimum absolute atomic E-state index is 0.0427. The molecule has 6 heteroatoms. The van der Waals surface area contributed by atoms with Crippen molar-refractivity contribution in [2.24, 2.45) is 0 Å². The smallest absolute Gasteiger partial charge is 0.339 e. The van der Waals surface area contributed by atoms with Gasteiger partial charge < -0.3 is 9.84 Å². The number of rotatable bonds is 6. The lowest BCUT2D eigenvalue weighted by atomic mass is 10.1. The number of hydrogen-bond donors (Lipinski definition) is 1. The second kappa shape index (κ2) is 7.24. The topological polar surface area (TPSA) is 63.6 Å². The number of halogens is 1. The summed E-state index contributed by atoms with van der Waals surface area (Å²) in [5.74, 6) is -1.47. The molecule has 4 nitrogen and oxygen atoms in total. The van der Waals surface area contributed by atoms with Crippen molar-refractivity contribution in [2.75, 3.05) is 5.88 Å². The fourth-order valence-electron chi connectivity index (χ4n) is 1.87. The number of carbonyl (C=O) groups excluding carboxylic acids is 1. The first-order valence-electron chi connectivity index (χ1n) is 6.26. The first kappa shape index (κ1) is 15.5. The summed E-state index contributed by atoms with van der Waals surface area (Å²) in [6, 6.07) is 9.71. The summed E-state index contributed by atoms with van der Waals surface area (Å²) in [6.07, 6.45) is 0.0140. The van der Waals surface area contributed by atoms with E-state index in [9.17, 15) is 9.59 Å². The molecule has 0 saturated carbocycles. The summed E-state index contributed by atoms with van der Waals surface area (Å²) >= 11 is 7.21. The number of ether oxygens (including phenoxy) is 1. The maximum Gasteiger partial charge on any atom is 0.339 e. The molecule has 0 radical (unpaired) electrons. The Hall–Kier alpha value is -1.85. The Bertz CT molecular complexity index is 624. The molecular formula is C15H13ClO4S. The minimum Gasteiger partial charge on any atom is -0.478 e. The third-order valence-corrected chi connectivity index (χ3v) is 4.04. The van der Waals surface area contributed by atoms with Crippen LogP contribution in [0, 0.1) is 0 Å². The Kier molecular flexibility index (Phi) is 5.36. The van der Waals surface area contributed by atoms with E-state index in [2.05, 4.69) is 0 Å². The minimum atomic E-state index is -1.16. The van der Waals surface area contributed by atoms with Crippen molar-refractivity contribution >= 4 is 34.9 Å². The van der Waals surface area contributed by atoms with E-state index in [1.807, 2.05) is 17.5 Å². The molecule has 1 heterocycles. The predicted octanol–water partition coefficient (Wildman–Crippen LogP) is 3.97. The second-order valence-electron chi connectivity index (χ2n) is 4.24. The normalized spacial score (nSPS) is 11.9. The second-order valence-corrected chi connectivity index (χ2v) is 5.60. The van der Waals surface area contributed by atoms with Crippen LogP contribution in [0.3, 0.4) is 0 Å². The van der Waals surface area contributed by atoms with Gasteiger partial charge in [0.15, 0.2) is 0 Å². The van der Waals surface area contributed by atoms with Crippen LogP contribution in [0.25, 0.3) is 0 Å².